The van der Waals surface area contributed by atoms with Crippen molar-refractivity contribution in [3.63, 3.8) is 0 Å². The van der Waals surface area contributed by atoms with Gasteiger partial charge in [0, 0.05) is 10.0 Å². The van der Waals surface area contributed by atoms with Gasteiger partial charge < -0.3 is 15.5 Å². The zero-order chi connectivity index (χ0) is 23.0. The first-order valence-corrected chi connectivity index (χ1v) is 10.9. The normalized spacial score (nSPS) is 11.9. The van der Waals surface area contributed by atoms with Crippen LogP contribution in [0.15, 0.2) is 33.2 Å². The van der Waals surface area contributed by atoms with E-state index in [1.54, 1.807) is 12.1 Å². The molecule has 6 nitrogen and oxygen atoms in total. The van der Waals surface area contributed by atoms with E-state index in [9.17, 15) is 19.8 Å². The molecule has 30 heavy (non-hydrogen) atoms. The number of amides is 3. The van der Waals surface area contributed by atoms with Crippen LogP contribution in [-0.2, 0) is 15.6 Å². The fourth-order valence-electron chi connectivity index (χ4n) is 2.86. The second-order valence-corrected chi connectivity index (χ2v) is 10.9. The zero-order valence-electron chi connectivity index (χ0n) is 17.8. The van der Waals surface area contributed by atoms with Crippen molar-refractivity contribution >= 4 is 55.7 Å². The Morgan fingerprint density at radius 1 is 0.967 bits per heavy atom. The van der Waals surface area contributed by atoms with E-state index in [-0.39, 0.29) is 28.3 Å². The average molecular weight is 542 g/mol. The lowest BCUT2D eigenvalue weighted by atomic mass is 9.79. The Morgan fingerprint density at radius 2 is 1.57 bits per heavy atom. The summed E-state index contributed by atoms with van der Waals surface area (Å²) >= 11 is 6.50. The summed E-state index contributed by atoms with van der Waals surface area (Å²) in [5.74, 6) is -0.321. The number of phenolic OH excluding ortho intramolecular Hbond substituents is 2. The van der Waals surface area contributed by atoms with Crippen LogP contribution in [0.1, 0.15) is 52.7 Å². The molecule has 8 heteroatoms. The van der Waals surface area contributed by atoms with Crippen LogP contribution in [0.25, 0.3) is 0 Å². The SMILES string of the molecule is CC(C)(C)c1cc(N(C=O)C(=O)Nc2cc(Br)cc(Br)c2O)c(O)c(C(C)(C)C)c1. The Hall–Kier alpha value is -2.06. The van der Waals surface area contributed by atoms with Crippen LogP contribution < -0.4 is 10.2 Å². The third-order valence-electron chi connectivity index (χ3n) is 4.62. The molecule has 3 amide bonds. The third kappa shape index (κ3) is 5.16. The Balaban J connectivity index is 2.59. The molecule has 0 aliphatic heterocycles. The van der Waals surface area contributed by atoms with Gasteiger partial charge in [-0.2, -0.15) is 0 Å². The van der Waals surface area contributed by atoms with Gasteiger partial charge in [-0.25, -0.2) is 9.69 Å². The number of carbonyl (C=O) groups excluding carboxylic acids is 2. The van der Waals surface area contributed by atoms with Crippen molar-refractivity contribution in [3.8, 4) is 11.5 Å². The fourth-order valence-corrected chi connectivity index (χ4v) is 4.08. The van der Waals surface area contributed by atoms with Crippen molar-refractivity contribution in [2.24, 2.45) is 0 Å². The van der Waals surface area contributed by atoms with Gasteiger partial charge >= 0.3 is 6.03 Å². The number of rotatable bonds is 3. The van der Waals surface area contributed by atoms with Crippen LogP contribution in [0.4, 0.5) is 16.2 Å². The lowest BCUT2D eigenvalue weighted by Gasteiger charge is -2.29. The van der Waals surface area contributed by atoms with Gasteiger partial charge in [0.05, 0.1) is 15.8 Å². The van der Waals surface area contributed by atoms with E-state index in [0.29, 0.717) is 20.9 Å². The predicted octanol–water partition coefficient (Wildman–Crippen LogP) is 6.41. The molecule has 0 heterocycles. The second-order valence-electron chi connectivity index (χ2n) is 9.08. The van der Waals surface area contributed by atoms with Crippen LogP contribution in [-0.4, -0.2) is 22.7 Å². The molecule has 0 aliphatic carbocycles. The molecule has 0 bridgehead atoms. The average Bonchev–Trinajstić information content (AvgIpc) is 2.59. The first-order valence-electron chi connectivity index (χ1n) is 9.28. The molecule has 0 aliphatic rings. The molecule has 0 saturated carbocycles. The maximum atomic E-state index is 12.9. The standard InChI is InChI=1S/C22H26Br2N2O4/c1-21(2,3)12-7-14(22(4,5)6)18(28)17(8-12)26(11-27)20(30)25-16-10-13(23)9-15(24)19(16)29/h7-11,28-29H,1-6H3,(H,25,30). The number of hydrogen-bond donors (Lipinski definition) is 3. The molecule has 2 aromatic rings. The largest absolute Gasteiger partial charge is 0.505 e. The summed E-state index contributed by atoms with van der Waals surface area (Å²) in [4.78, 5) is 25.6. The minimum atomic E-state index is -0.813. The molecule has 0 radical (unpaired) electrons. The summed E-state index contributed by atoms with van der Waals surface area (Å²) in [7, 11) is 0. The Labute approximate surface area is 193 Å². The van der Waals surface area contributed by atoms with Gasteiger partial charge in [-0.3, -0.25) is 4.79 Å². The molecule has 0 fully saturated rings. The highest BCUT2D eigenvalue weighted by atomic mass is 79.9. The summed E-state index contributed by atoms with van der Waals surface area (Å²) in [6.45, 7) is 11.9. The van der Waals surface area contributed by atoms with Crippen molar-refractivity contribution < 1.29 is 19.8 Å². The summed E-state index contributed by atoms with van der Waals surface area (Å²) in [6.07, 6.45) is 0.341. The summed E-state index contributed by atoms with van der Waals surface area (Å²) < 4.78 is 0.991. The molecule has 0 aromatic heterocycles. The molecule has 2 aromatic carbocycles. The van der Waals surface area contributed by atoms with Crippen LogP contribution in [0.3, 0.4) is 0 Å². The molecular weight excluding hydrogens is 516 g/mol. The molecule has 0 unspecified atom stereocenters. The van der Waals surface area contributed by atoms with Crippen LogP contribution in [0, 0.1) is 0 Å². The predicted molar refractivity (Wildman–Crippen MR) is 127 cm³/mol. The maximum Gasteiger partial charge on any atom is 0.333 e. The lowest BCUT2D eigenvalue weighted by molar-refractivity contribution is -0.106. The van der Waals surface area contributed by atoms with Gasteiger partial charge in [-0.1, -0.05) is 63.5 Å². The van der Waals surface area contributed by atoms with Crippen LogP contribution in [0.5, 0.6) is 11.5 Å². The Bertz CT molecular complexity index is 992. The van der Waals surface area contributed by atoms with Crippen LogP contribution in [0.2, 0.25) is 0 Å². The van der Waals surface area contributed by atoms with Gasteiger partial charge in [0.2, 0.25) is 6.41 Å². The number of nitrogens with one attached hydrogen (secondary N) is 1. The number of imide groups is 1. The van der Waals surface area contributed by atoms with E-state index in [2.05, 4.69) is 37.2 Å². The van der Waals surface area contributed by atoms with Crippen molar-refractivity contribution in [2.45, 2.75) is 52.4 Å². The molecule has 0 spiro atoms. The highest BCUT2D eigenvalue weighted by Crippen LogP contribution is 2.42. The van der Waals surface area contributed by atoms with Crippen molar-refractivity contribution in [2.75, 3.05) is 10.2 Å². The Kier molecular flexibility index (Phi) is 6.93. The first kappa shape index (κ1) is 24.2. The number of hydrogen-bond acceptors (Lipinski definition) is 4. The van der Waals surface area contributed by atoms with Crippen molar-refractivity contribution in [1.29, 1.82) is 0 Å². The second kappa shape index (κ2) is 8.59. The summed E-state index contributed by atoms with van der Waals surface area (Å²) in [5, 5.41) is 23.7. The van der Waals surface area contributed by atoms with Gasteiger partial charge in [0.1, 0.15) is 5.75 Å². The van der Waals surface area contributed by atoms with E-state index < -0.39 is 11.4 Å². The molecule has 162 valence electrons. The van der Waals surface area contributed by atoms with Gasteiger partial charge in [-0.05, 0) is 50.5 Å². The van der Waals surface area contributed by atoms with E-state index >= 15 is 0 Å². The minimum Gasteiger partial charge on any atom is -0.505 e. The topological polar surface area (TPSA) is 89.9 Å². The van der Waals surface area contributed by atoms with E-state index in [4.69, 9.17) is 0 Å². The smallest absolute Gasteiger partial charge is 0.333 e. The number of nitrogens with zero attached hydrogens (tertiary/aromatic N) is 1. The van der Waals surface area contributed by atoms with E-state index in [1.165, 1.54) is 6.07 Å². The van der Waals surface area contributed by atoms with Crippen LogP contribution >= 0.6 is 31.9 Å². The molecule has 2 rings (SSSR count). The zero-order valence-corrected chi connectivity index (χ0v) is 21.0. The number of urea groups is 1. The van der Waals surface area contributed by atoms with Gasteiger partial charge in [-0.15, -0.1) is 0 Å². The van der Waals surface area contributed by atoms with E-state index in [0.717, 1.165) is 10.5 Å². The van der Waals surface area contributed by atoms with Crippen molar-refractivity contribution in [3.05, 3.63) is 44.3 Å². The minimum absolute atomic E-state index is 0.0772. The number of halogens is 2. The van der Waals surface area contributed by atoms with Gasteiger partial charge in [0.25, 0.3) is 0 Å². The highest BCUT2D eigenvalue weighted by molar-refractivity contribution is 9.11. The lowest BCUT2D eigenvalue weighted by Crippen LogP contribution is -2.34. The fraction of sp³-hybridized carbons (Fsp3) is 0.364. The number of carbonyl (C=O) groups is 2. The highest BCUT2D eigenvalue weighted by Gasteiger charge is 2.29. The number of aromatic hydroxyl groups is 2. The molecule has 0 atom stereocenters. The molecular formula is C22H26Br2N2O4. The molecule has 0 saturated heterocycles. The van der Waals surface area contributed by atoms with E-state index in [1.807, 2.05) is 47.6 Å². The monoisotopic (exact) mass is 540 g/mol. The third-order valence-corrected chi connectivity index (χ3v) is 5.68. The summed E-state index contributed by atoms with van der Waals surface area (Å²) in [5.41, 5.74) is 0.981. The number of benzene rings is 2. The number of phenols is 2. The maximum absolute atomic E-state index is 12.9. The van der Waals surface area contributed by atoms with Crippen molar-refractivity contribution in [1.82, 2.24) is 0 Å². The number of anilines is 2. The van der Waals surface area contributed by atoms with Gasteiger partial charge in [0.15, 0.2) is 5.75 Å². The molecule has 3 N–H and O–H groups in total. The summed E-state index contributed by atoms with van der Waals surface area (Å²) in [6, 6.07) is 5.85. The Morgan fingerprint density at radius 3 is 2.07 bits per heavy atom. The first-order chi connectivity index (χ1) is 13.7. The quantitative estimate of drug-likeness (QED) is 0.309.